The van der Waals surface area contributed by atoms with Gasteiger partial charge in [0.25, 0.3) is 11.6 Å². The van der Waals surface area contributed by atoms with Crippen LogP contribution in [0.4, 0.5) is 16.2 Å². The minimum atomic E-state index is -0.606. The normalized spacial score (nSPS) is 11.7. The number of unbranched alkanes of at least 4 members (excludes halogenated alkanes) is 15. The second kappa shape index (κ2) is 23.5. The molecule has 2 aromatic rings. The molecule has 2 rings (SSSR count). The van der Waals surface area contributed by atoms with Gasteiger partial charge in [-0.15, -0.1) is 0 Å². The summed E-state index contributed by atoms with van der Waals surface area (Å²) >= 11 is 0. The van der Waals surface area contributed by atoms with Gasteiger partial charge in [-0.1, -0.05) is 103 Å². The number of nitro benzene ring substituents is 1. The Morgan fingerprint density at radius 2 is 1.27 bits per heavy atom. The topological polar surface area (TPSA) is 111 Å². The number of benzene rings is 2. The van der Waals surface area contributed by atoms with Crippen LogP contribution in [-0.4, -0.2) is 47.6 Å². The molecular weight excluding hydrogens is 618 g/mol. The van der Waals surface area contributed by atoms with Crippen molar-refractivity contribution in [2.45, 2.75) is 136 Å². The molecule has 0 aliphatic carbocycles. The summed E-state index contributed by atoms with van der Waals surface area (Å²) in [6, 6.07) is 12.9. The van der Waals surface area contributed by atoms with Gasteiger partial charge in [-0.3, -0.25) is 20.2 Å². The van der Waals surface area contributed by atoms with E-state index in [1.165, 1.54) is 102 Å². The van der Waals surface area contributed by atoms with Crippen molar-refractivity contribution in [1.82, 2.24) is 4.90 Å². The van der Waals surface area contributed by atoms with Crippen LogP contribution in [0, 0.1) is 10.1 Å². The van der Waals surface area contributed by atoms with Crippen LogP contribution < -0.4 is 10.1 Å². The maximum atomic E-state index is 13.5. The molecule has 0 atom stereocenters. The van der Waals surface area contributed by atoms with Gasteiger partial charge in [-0.25, -0.2) is 4.79 Å². The summed E-state index contributed by atoms with van der Waals surface area (Å²) in [7, 11) is 1.80. The molecule has 0 radical (unpaired) electrons. The molecule has 0 bridgehead atoms. The zero-order valence-corrected chi connectivity index (χ0v) is 30.8. The minimum absolute atomic E-state index is 0.0119. The monoisotopic (exact) mass is 679 g/mol. The van der Waals surface area contributed by atoms with Gasteiger partial charge in [0.15, 0.2) is 0 Å². The van der Waals surface area contributed by atoms with Crippen LogP contribution in [0.3, 0.4) is 0 Å². The van der Waals surface area contributed by atoms with Crippen molar-refractivity contribution in [2.75, 3.05) is 25.5 Å². The number of amides is 2. The number of hydrogen-bond acceptors (Lipinski definition) is 6. The molecule has 49 heavy (non-hydrogen) atoms. The fourth-order valence-electron chi connectivity index (χ4n) is 5.52. The molecule has 0 unspecified atom stereocenters. The predicted molar refractivity (Wildman–Crippen MR) is 200 cm³/mol. The van der Waals surface area contributed by atoms with Crippen molar-refractivity contribution < 1.29 is 24.0 Å². The van der Waals surface area contributed by atoms with Gasteiger partial charge >= 0.3 is 6.09 Å². The maximum absolute atomic E-state index is 13.5. The van der Waals surface area contributed by atoms with E-state index in [0.717, 1.165) is 12.8 Å². The maximum Gasteiger partial charge on any atom is 0.412 e. The average Bonchev–Trinajstić information content (AvgIpc) is 3.06. The number of nitrogens with zero attached hydrogens (tertiary/aromatic N) is 2. The number of nitro groups is 1. The fourth-order valence-corrected chi connectivity index (χ4v) is 5.52. The zero-order chi connectivity index (χ0) is 35.9. The molecule has 0 aromatic heterocycles. The summed E-state index contributed by atoms with van der Waals surface area (Å²) in [5, 5.41) is 13.8. The summed E-state index contributed by atoms with van der Waals surface area (Å²) in [6.45, 7) is 8.31. The van der Waals surface area contributed by atoms with Gasteiger partial charge in [0, 0.05) is 31.4 Å². The van der Waals surface area contributed by atoms with Crippen LogP contribution in [0.5, 0.6) is 5.75 Å². The first kappa shape index (κ1) is 41.3. The molecule has 0 spiro atoms. The van der Waals surface area contributed by atoms with Gasteiger partial charge in [0.1, 0.15) is 18.0 Å². The minimum Gasteiger partial charge on any atom is -0.489 e. The highest BCUT2D eigenvalue weighted by Gasteiger charge is 2.18. The van der Waals surface area contributed by atoms with Crippen LogP contribution >= 0.6 is 0 Å². The third-order valence-electron chi connectivity index (χ3n) is 8.31. The quantitative estimate of drug-likeness (QED) is 0.0511. The summed E-state index contributed by atoms with van der Waals surface area (Å²) in [4.78, 5) is 38.0. The lowest BCUT2D eigenvalue weighted by Crippen LogP contribution is -2.31. The predicted octanol–water partition coefficient (Wildman–Crippen LogP) is 11.1. The Kier molecular flexibility index (Phi) is 19.8. The van der Waals surface area contributed by atoms with E-state index in [1.807, 2.05) is 0 Å². The number of hydrogen-bond donors (Lipinski definition) is 1. The molecule has 2 amide bonds. The number of likely N-dealkylation sites (N-methyl/N-ethyl adjacent to an activating group) is 1. The third-order valence-corrected chi connectivity index (χ3v) is 8.31. The van der Waals surface area contributed by atoms with E-state index < -0.39 is 16.6 Å². The fraction of sp³-hybridized carbons (Fsp3) is 0.600. The Morgan fingerprint density at radius 3 is 1.73 bits per heavy atom. The number of non-ortho nitro benzene ring substituents is 1. The first-order valence-corrected chi connectivity index (χ1v) is 18.4. The van der Waals surface area contributed by atoms with Crippen molar-refractivity contribution in [3.63, 3.8) is 0 Å². The van der Waals surface area contributed by atoms with Crippen molar-refractivity contribution in [3.05, 3.63) is 69.8 Å². The molecule has 9 nitrogen and oxygen atoms in total. The number of anilines is 1. The molecule has 9 heteroatoms. The lowest BCUT2D eigenvalue weighted by Gasteiger charge is -2.20. The number of carbonyl (C=O) groups is 2. The van der Waals surface area contributed by atoms with Crippen LogP contribution in [-0.2, 0) is 9.53 Å². The summed E-state index contributed by atoms with van der Waals surface area (Å²) in [5.41, 5.74) is 1.04. The molecule has 1 N–H and O–H groups in total. The van der Waals surface area contributed by atoms with E-state index in [1.54, 1.807) is 75.2 Å². The Balaban J connectivity index is 1.80. The summed E-state index contributed by atoms with van der Waals surface area (Å²) < 4.78 is 11.3. The summed E-state index contributed by atoms with van der Waals surface area (Å²) in [6.07, 6.45) is 21.9. The molecule has 0 saturated heterocycles. The zero-order valence-electron chi connectivity index (χ0n) is 30.8. The van der Waals surface area contributed by atoms with Crippen molar-refractivity contribution in [2.24, 2.45) is 0 Å². The van der Waals surface area contributed by atoms with Gasteiger partial charge in [-0.05, 0) is 75.2 Å². The van der Waals surface area contributed by atoms with E-state index in [-0.39, 0.29) is 18.2 Å². The van der Waals surface area contributed by atoms with E-state index in [9.17, 15) is 19.7 Å². The van der Waals surface area contributed by atoms with Gasteiger partial charge in [-0.2, -0.15) is 0 Å². The smallest absolute Gasteiger partial charge is 0.412 e. The third kappa shape index (κ3) is 19.0. The van der Waals surface area contributed by atoms with E-state index in [2.05, 4.69) is 12.2 Å². The van der Waals surface area contributed by atoms with E-state index in [4.69, 9.17) is 9.47 Å². The second-order valence-electron chi connectivity index (χ2n) is 14.0. The first-order valence-electron chi connectivity index (χ1n) is 18.4. The number of nitrogens with one attached hydrogen (secondary N) is 1. The highest BCUT2D eigenvalue weighted by molar-refractivity contribution is 5.98. The molecule has 0 aliphatic heterocycles. The highest BCUT2D eigenvalue weighted by atomic mass is 16.6. The first-order chi connectivity index (χ1) is 23.5. The summed E-state index contributed by atoms with van der Waals surface area (Å²) in [5.74, 6) is 0.375. The molecular formula is C40H61N3O6. The van der Waals surface area contributed by atoms with Crippen molar-refractivity contribution >= 4 is 29.5 Å². The van der Waals surface area contributed by atoms with E-state index >= 15 is 0 Å². The van der Waals surface area contributed by atoms with Gasteiger partial charge in [0.05, 0.1) is 10.5 Å². The molecule has 2 aromatic carbocycles. The molecule has 0 heterocycles. The van der Waals surface area contributed by atoms with Crippen molar-refractivity contribution in [1.29, 1.82) is 0 Å². The Morgan fingerprint density at radius 1 is 0.776 bits per heavy atom. The highest BCUT2D eigenvalue weighted by Crippen LogP contribution is 2.21. The number of carbonyl (C=O) groups excluding carboxylic acids is 2. The molecule has 0 fully saturated rings. The second-order valence-corrected chi connectivity index (χ2v) is 14.0. The SMILES string of the molecule is CCCCCCCCCCCCCCCCCCN(C)C(=O)C(=Cc1ccc([N+](=O)[O-])cc1)COc1ccc(NC(=O)OC(C)(C)C)cc1. The van der Waals surface area contributed by atoms with Crippen LogP contribution in [0.15, 0.2) is 54.1 Å². The largest absolute Gasteiger partial charge is 0.489 e. The Labute approximate surface area is 295 Å². The van der Waals surface area contributed by atoms with Crippen LogP contribution in [0.2, 0.25) is 0 Å². The Bertz CT molecular complexity index is 1270. The lowest BCUT2D eigenvalue weighted by atomic mass is 10.0. The van der Waals surface area contributed by atoms with Crippen LogP contribution in [0.25, 0.3) is 6.08 Å². The molecule has 0 aliphatic rings. The lowest BCUT2D eigenvalue weighted by molar-refractivity contribution is -0.384. The molecule has 272 valence electrons. The van der Waals surface area contributed by atoms with Gasteiger partial charge < -0.3 is 14.4 Å². The average molecular weight is 680 g/mol. The molecule has 0 saturated carbocycles. The van der Waals surface area contributed by atoms with Crippen molar-refractivity contribution in [3.8, 4) is 5.75 Å². The number of rotatable bonds is 24. The van der Waals surface area contributed by atoms with Gasteiger partial charge in [0.2, 0.25) is 0 Å². The Hall–Kier alpha value is -3.88. The standard InChI is InChI=1S/C40H61N3O6/c1-6-7-8-9-10-11-12-13-14-15-16-17-18-19-20-21-30-42(5)38(44)34(31-33-22-26-36(27-23-33)43(46)47)32-48-37-28-24-35(25-29-37)41-39(45)49-40(2,3)4/h22-29,31H,6-21,30,32H2,1-5H3,(H,41,45). The number of ether oxygens (including phenoxy) is 2. The van der Waals surface area contributed by atoms with Crippen LogP contribution in [0.1, 0.15) is 136 Å². The van der Waals surface area contributed by atoms with E-state index in [0.29, 0.717) is 29.1 Å².